The molecule has 0 atom stereocenters. The fraction of sp³-hybridized carbons (Fsp3) is 0.0714. The summed E-state index contributed by atoms with van der Waals surface area (Å²) in [6.45, 7) is 3.97. The largest absolute Gasteiger partial charge is 0.289 e. The molecule has 0 aliphatic carbocycles. The zero-order valence-electron chi connectivity index (χ0n) is 17.2. The average Bonchev–Trinajstić information content (AvgIpc) is 2.77. The van der Waals surface area contributed by atoms with Gasteiger partial charge in [0.1, 0.15) is 0 Å². The van der Waals surface area contributed by atoms with Crippen molar-refractivity contribution in [1.82, 2.24) is 4.98 Å². The first-order valence-corrected chi connectivity index (χ1v) is 10.0. The number of allylic oxidation sites excluding steroid dienone is 1. The third-order valence-corrected chi connectivity index (χ3v) is 5.11. The first kappa shape index (κ1) is 19.5. The van der Waals surface area contributed by atoms with E-state index in [0.29, 0.717) is 5.56 Å². The van der Waals surface area contributed by atoms with Gasteiger partial charge in [-0.15, -0.1) is 0 Å². The third kappa shape index (κ3) is 4.28. The van der Waals surface area contributed by atoms with Gasteiger partial charge in [-0.1, -0.05) is 96.6 Å². The summed E-state index contributed by atoms with van der Waals surface area (Å²) in [4.78, 5) is 17.9. The Bertz CT molecular complexity index is 1250. The Labute approximate surface area is 177 Å². The van der Waals surface area contributed by atoms with E-state index in [4.69, 9.17) is 4.98 Å². The molecule has 0 amide bonds. The van der Waals surface area contributed by atoms with Crippen molar-refractivity contribution in [1.29, 1.82) is 0 Å². The van der Waals surface area contributed by atoms with Gasteiger partial charge in [0.2, 0.25) is 0 Å². The summed E-state index contributed by atoms with van der Waals surface area (Å²) < 4.78 is 0. The number of aromatic nitrogens is 1. The summed E-state index contributed by atoms with van der Waals surface area (Å²) in [5, 5.41) is 0.975. The fourth-order valence-corrected chi connectivity index (χ4v) is 3.53. The van der Waals surface area contributed by atoms with E-state index in [0.717, 1.165) is 33.3 Å². The molecule has 2 heteroatoms. The Morgan fingerprint density at radius 1 is 0.733 bits per heavy atom. The van der Waals surface area contributed by atoms with Gasteiger partial charge in [-0.3, -0.25) is 9.78 Å². The standard InChI is InChI=1S/C28H23NO/c1-20-12-14-23(15-13-20)16-18-25-24-10-6-7-11-26(24)29-21(2)28(25)27(30)19-17-22-8-4-3-5-9-22/h3-19H,1-2H3/b18-16+,19-17+. The van der Waals surface area contributed by atoms with Crippen LogP contribution in [0.4, 0.5) is 0 Å². The highest BCUT2D eigenvalue weighted by atomic mass is 16.1. The SMILES string of the molecule is Cc1ccc(/C=C/c2c(C(=O)/C=C/c3ccccc3)c(C)nc3ccccc23)cc1. The first-order chi connectivity index (χ1) is 14.6. The second kappa shape index (κ2) is 8.71. The normalized spacial score (nSPS) is 11.5. The van der Waals surface area contributed by atoms with Crippen LogP contribution in [0.1, 0.15) is 38.3 Å². The summed E-state index contributed by atoms with van der Waals surface area (Å²) >= 11 is 0. The van der Waals surface area contributed by atoms with Gasteiger partial charge in [0.15, 0.2) is 5.78 Å². The summed E-state index contributed by atoms with van der Waals surface area (Å²) in [6, 6.07) is 26.1. The van der Waals surface area contributed by atoms with Gasteiger partial charge in [0.05, 0.1) is 11.1 Å². The van der Waals surface area contributed by atoms with Crippen LogP contribution >= 0.6 is 0 Å². The van der Waals surface area contributed by atoms with Crippen molar-refractivity contribution in [3.05, 3.63) is 118 Å². The van der Waals surface area contributed by atoms with E-state index >= 15 is 0 Å². The number of carbonyl (C=O) groups is 1. The molecule has 2 nitrogen and oxygen atoms in total. The molecule has 0 saturated carbocycles. The molecule has 0 fully saturated rings. The minimum Gasteiger partial charge on any atom is -0.289 e. The molecular formula is C28H23NO. The lowest BCUT2D eigenvalue weighted by molar-refractivity contribution is 0.104. The molecule has 0 aliphatic rings. The second-order valence-electron chi connectivity index (χ2n) is 7.36. The highest BCUT2D eigenvalue weighted by molar-refractivity contribution is 6.13. The molecule has 146 valence electrons. The Hall–Kier alpha value is -3.78. The molecule has 4 rings (SSSR count). The van der Waals surface area contributed by atoms with Gasteiger partial charge in [0.25, 0.3) is 0 Å². The number of fused-ring (bicyclic) bond motifs is 1. The Morgan fingerprint density at radius 3 is 2.17 bits per heavy atom. The van der Waals surface area contributed by atoms with Gasteiger partial charge in [0, 0.05) is 11.1 Å². The monoisotopic (exact) mass is 389 g/mol. The number of aryl methyl sites for hydroxylation is 2. The highest BCUT2D eigenvalue weighted by Gasteiger charge is 2.15. The van der Waals surface area contributed by atoms with Crippen LogP contribution in [-0.2, 0) is 0 Å². The Morgan fingerprint density at radius 2 is 1.40 bits per heavy atom. The molecule has 1 aromatic heterocycles. The Kier molecular flexibility index (Phi) is 5.67. The van der Waals surface area contributed by atoms with Crippen molar-refractivity contribution < 1.29 is 4.79 Å². The first-order valence-electron chi connectivity index (χ1n) is 10.0. The van der Waals surface area contributed by atoms with Gasteiger partial charge in [-0.05, 0) is 42.7 Å². The van der Waals surface area contributed by atoms with Gasteiger partial charge in [-0.2, -0.15) is 0 Å². The van der Waals surface area contributed by atoms with E-state index in [9.17, 15) is 4.79 Å². The van der Waals surface area contributed by atoms with Gasteiger partial charge in [-0.25, -0.2) is 0 Å². The predicted molar refractivity (Wildman–Crippen MR) is 126 cm³/mol. The molecule has 0 saturated heterocycles. The molecular weight excluding hydrogens is 366 g/mol. The number of rotatable bonds is 5. The lowest BCUT2D eigenvalue weighted by atomic mass is 9.96. The van der Waals surface area contributed by atoms with Crippen LogP contribution in [0.25, 0.3) is 29.1 Å². The Balaban J connectivity index is 1.81. The summed E-state index contributed by atoms with van der Waals surface area (Å²) in [6.07, 6.45) is 7.57. The summed E-state index contributed by atoms with van der Waals surface area (Å²) in [5.74, 6) is -0.0434. The van der Waals surface area contributed by atoms with E-state index in [2.05, 4.69) is 37.3 Å². The minimum absolute atomic E-state index is 0.0434. The van der Waals surface area contributed by atoms with Gasteiger partial charge < -0.3 is 0 Å². The van der Waals surface area contributed by atoms with Crippen molar-refractivity contribution in [2.24, 2.45) is 0 Å². The van der Waals surface area contributed by atoms with E-state index in [-0.39, 0.29) is 5.78 Å². The number of carbonyl (C=O) groups excluding carboxylic acids is 1. The molecule has 0 spiro atoms. The van der Waals surface area contributed by atoms with Crippen molar-refractivity contribution >= 4 is 34.9 Å². The van der Waals surface area contributed by atoms with Crippen molar-refractivity contribution in [3.8, 4) is 0 Å². The lowest BCUT2D eigenvalue weighted by Gasteiger charge is -2.11. The molecule has 0 radical (unpaired) electrons. The number of hydrogen-bond donors (Lipinski definition) is 0. The minimum atomic E-state index is -0.0434. The molecule has 0 N–H and O–H groups in total. The van der Waals surface area contributed by atoms with E-state index < -0.39 is 0 Å². The number of nitrogens with zero attached hydrogens (tertiary/aromatic N) is 1. The van der Waals surface area contributed by atoms with Crippen LogP contribution in [0.3, 0.4) is 0 Å². The van der Waals surface area contributed by atoms with E-state index in [1.54, 1.807) is 6.08 Å². The fourth-order valence-electron chi connectivity index (χ4n) is 3.53. The zero-order valence-corrected chi connectivity index (χ0v) is 17.2. The van der Waals surface area contributed by atoms with Crippen LogP contribution in [0.5, 0.6) is 0 Å². The maximum Gasteiger partial charge on any atom is 0.188 e. The smallest absolute Gasteiger partial charge is 0.188 e. The molecule has 0 aliphatic heterocycles. The van der Waals surface area contributed by atoms with Gasteiger partial charge >= 0.3 is 0 Å². The topological polar surface area (TPSA) is 30.0 Å². The summed E-state index contributed by atoms with van der Waals surface area (Å²) in [7, 11) is 0. The third-order valence-electron chi connectivity index (χ3n) is 5.11. The van der Waals surface area contributed by atoms with Crippen molar-refractivity contribution in [3.63, 3.8) is 0 Å². The molecule has 30 heavy (non-hydrogen) atoms. The second-order valence-corrected chi connectivity index (χ2v) is 7.36. The van der Waals surface area contributed by atoms with Crippen LogP contribution in [0.15, 0.2) is 84.9 Å². The zero-order chi connectivity index (χ0) is 20.9. The van der Waals surface area contributed by atoms with Crippen LogP contribution in [-0.4, -0.2) is 10.8 Å². The van der Waals surface area contributed by atoms with Crippen molar-refractivity contribution in [2.75, 3.05) is 0 Å². The van der Waals surface area contributed by atoms with Crippen LogP contribution in [0, 0.1) is 13.8 Å². The van der Waals surface area contributed by atoms with E-state index in [1.807, 2.05) is 73.7 Å². The van der Waals surface area contributed by atoms with Crippen LogP contribution in [0.2, 0.25) is 0 Å². The number of benzene rings is 3. The van der Waals surface area contributed by atoms with Crippen molar-refractivity contribution in [2.45, 2.75) is 13.8 Å². The van der Waals surface area contributed by atoms with Crippen LogP contribution < -0.4 is 0 Å². The highest BCUT2D eigenvalue weighted by Crippen LogP contribution is 2.26. The number of hydrogen-bond acceptors (Lipinski definition) is 2. The lowest BCUT2D eigenvalue weighted by Crippen LogP contribution is -2.05. The van der Waals surface area contributed by atoms with E-state index in [1.165, 1.54) is 5.56 Å². The quantitative estimate of drug-likeness (QED) is 0.274. The average molecular weight is 389 g/mol. The molecule has 4 aromatic rings. The molecule has 0 bridgehead atoms. The predicted octanol–water partition coefficient (Wildman–Crippen LogP) is 6.92. The molecule has 1 heterocycles. The number of pyridine rings is 1. The molecule has 3 aromatic carbocycles. The maximum absolute atomic E-state index is 13.2. The molecule has 0 unspecified atom stereocenters. The number of ketones is 1. The maximum atomic E-state index is 13.2. The number of para-hydroxylation sites is 1. The summed E-state index contributed by atoms with van der Waals surface area (Å²) in [5.41, 5.74) is 6.48.